The fraction of sp³-hybridized carbons (Fsp3) is 0.500. The molecule has 0 spiro atoms. The van der Waals surface area contributed by atoms with Crippen LogP contribution in [-0.2, 0) is 5.60 Å². The van der Waals surface area contributed by atoms with Crippen molar-refractivity contribution in [3.8, 4) is 0 Å². The second kappa shape index (κ2) is 3.37. The molecule has 0 radical (unpaired) electrons. The van der Waals surface area contributed by atoms with Crippen molar-refractivity contribution in [3.05, 3.63) is 35.4 Å². The topological polar surface area (TPSA) is 46.2 Å². The van der Waals surface area contributed by atoms with Gasteiger partial charge in [-0.25, -0.2) is 0 Å². The minimum atomic E-state index is -1.00. The lowest BCUT2D eigenvalue weighted by atomic mass is 9.78. The Balaban J connectivity index is 3.23. The van der Waals surface area contributed by atoms with Gasteiger partial charge in [0.05, 0.1) is 0 Å². The maximum absolute atomic E-state index is 10.4. The Morgan fingerprint density at radius 2 is 1.64 bits per heavy atom. The average Bonchev–Trinajstić information content (AvgIpc) is 2.02. The minimum absolute atomic E-state index is 0.654. The summed E-state index contributed by atoms with van der Waals surface area (Å²) in [7, 11) is 0. The zero-order valence-electron chi connectivity index (χ0n) is 9.33. The summed E-state index contributed by atoms with van der Waals surface area (Å²) in [5, 5.41) is 10.4. The fourth-order valence-electron chi connectivity index (χ4n) is 1.47. The summed E-state index contributed by atoms with van der Waals surface area (Å²) in [6, 6.07) is 7.78. The second-order valence-electron chi connectivity index (χ2n) is 4.61. The van der Waals surface area contributed by atoms with E-state index in [-0.39, 0.29) is 0 Å². The first-order chi connectivity index (χ1) is 6.27. The van der Waals surface area contributed by atoms with Crippen molar-refractivity contribution in [1.82, 2.24) is 0 Å². The minimum Gasteiger partial charge on any atom is -0.384 e. The molecule has 0 saturated carbocycles. The van der Waals surface area contributed by atoms with Crippen molar-refractivity contribution >= 4 is 0 Å². The van der Waals surface area contributed by atoms with Crippen molar-refractivity contribution < 1.29 is 5.11 Å². The van der Waals surface area contributed by atoms with Gasteiger partial charge in [0.25, 0.3) is 0 Å². The van der Waals surface area contributed by atoms with Gasteiger partial charge in [0.1, 0.15) is 5.60 Å². The molecule has 1 atom stereocenters. The van der Waals surface area contributed by atoms with Gasteiger partial charge in [-0.2, -0.15) is 0 Å². The van der Waals surface area contributed by atoms with Crippen molar-refractivity contribution in [2.75, 3.05) is 0 Å². The van der Waals surface area contributed by atoms with E-state index in [0.29, 0.717) is 0 Å². The zero-order chi connectivity index (χ0) is 11.0. The lowest BCUT2D eigenvalue weighted by Crippen LogP contribution is -2.52. The van der Waals surface area contributed by atoms with E-state index in [1.165, 1.54) is 0 Å². The molecule has 2 heteroatoms. The molecule has 0 amide bonds. The molecule has 1 aromatic rings. The largest absolute Gasteiger partial charge is 0.384 e. The standard InChI is InChI=1S/C12H19NO/c1-9-7-5-6-8-10(9)12(4,14)11(2,3)13/h5-8,14H,13H2,1-4H3. The van der Waals surface area contributed by atoms with Crippen molar-refractivity contribution in [3.63, 3.8) is 0 Å². The highest BCUT2D eigenvalue weighted by Crippen LogP contribution is 2.32. The smallest absolute Gasteiger partial charge is 0.104 e. The second-order valence-corrected chi connectivity index (χ2v) is 4.61. The first-order valence-corrected chi connectivity index (χ1v) is 4.84. The monoisotopic (exact) mass is 193 g/mol. The van der Waals surface area contributed by atoms with Gasteiger partial charge < -0.3 is 10.8 Å². The summed E-state index contributed by atoms with van der Waals surface area (Å²) in [4.78, 5) is 0. The maximum Gasteiger partial charge on any atom is 0.104 e. The number of aryl methyl sites for hydroxylation is 1. The predicted octanol–water partition coefficient (Wildman–Crippen LogP) is 1.94. The summed E-state index contributed by atoms with van der Waals surface area (Å²) >= 11 is 0. The number of hydrogen-bond donors (Lipinski definition) is 2. The number of hydrogen-bond acceptors (Lipinski definition) is 2. The molecule has 0 aromatic heterocycles. The Labute approximate surface area is 85.8 Å². The van der Waals surface area contributed by atoms with E-state index in [4.69, 9.17) is 5.73 Å². The third-order valence-electron chi connectivity index (χ3n) is 2.92. The number of rotatable bonds is 2. The van der Waals surface area contributed by atoms with Crippen LogP contribution >= 0.6 is 0 Å². The Kier molecular flexibility index (Phi) is 2.70. The van der Waals surface area contributed by atoms with Gasteiger partial charge in [-0.3, -0.25) is 0 Å². The molecule has 2 nitrogen and oxygen atoms in total. The van der Waals surface area contributed by atoms with Gasteiger partial charge >= 0.3 is 0 Å². The van der Waals surface area contributed by atoms with Crippen LogP contribution < -0.4 is 5.73 Å². The number of nitrogens with two attached hydrogens (primary N) is 1. The average molecular weight is 193 g/mol. The lowest BCUT2D eigenvalue weighted by Gasteiger charge is -2.38. The first kappa shape index (κ1) is 11.2. The van der Waals surface area contributed by atoms with E-state index in [1.54, 1.807) is 6.92 Å². The molecule has 0 aliphatic heterocycles. The Bertz CT molecular complexity index is 323. The summed E-state index contributed by atoms with van der Waals surface area (Å²) < 4.78 is 0. The quantitative estimate of drug-likeness (QED) is 0.754. The van der Waals surface area contributed by atoms with Gasteiger partial charge in [-0.05, 0) is 38.8 Å². The third kappa shape index (κ3) is 1.81. The molecule has 0 fully saturated rings. The van der Waals surface area contributed by atoms with Gasteiger partial charge in [0.2, 0.25) is 0 Å². The predicted molar refractivity (Wildman–Crippen MR) is 59.0 cm³/mol. The van der Waals surface area contributed by atoms with Crippen LogP contribution in [0.3, 0.4) is 0 Å². The van der Waals surface area contributed by atoms with E-state index < -0.39 is 11.1 Å². The molecule has 1 unspecified atom stereocenters. The highest BCUT2D eigenvalue weighted by molar-refractivity contribution is 5.33. The molecule has 0 saturated heterocycles. The highest BCUT2D eigenvalue weighted by atomic mass is 16.3. The van der Waals surface area contributed by atoms with E-state index in [9.17, 15) is 5.11 Å². The molecule has 14 heavy (non-hydrogen) atoms. The fourth-order valence-corrected chi connectivity index (χ4v) is 1.47. The summed E-state index contributed by atoms with van der Waals surface area (Å²) in [6.07, 6.45) is 0. The molecule has 1 rings (SSSR count). The lowest BCUT2D eigenvalue weighted by molar-refractivity contribution is -0.00923. The highest BCUT2D eigenvalue weighted by Gasteiger charge is 2.38. The van der Waals surface area contributed by atoms with Crippen LogP contribution in [-0.4, -0.2) is 10.6 Å². The van der Waals surface area contributed by atoms with Crippen LogP contribution in [0.15, 0.2) is 24.3 Å². The molecular weight excluding hydrogens is 174 g/mol. The van der Waals surface area contributed by atoms with E-state index in [2.05, 4.69) is 0 Å². The molecule has 78 valence electrons. The normalized spacial score (nSPS) is 16.4. The van der Waals surface area contributed by atoms with Crippen molar-refractivity contribution in [2.45, 2.75) is 38.8 Å². The van der Waals surface area contributed by atoms with Gasteiger partial charge in [0, 0.05) is 5.54 Å². The van der Waals surface area contributed by atoms with Crippen LogP contribution in [0, 0.1) is 6.92 Å². The van der Waals surface area contributed by atoms with Crippen molar-refractivity contribution in [1.29, 1.82) is 0 Å². The van der Waals surface area contributed by atoms with Crippen LogP contribution in [0.5, 0.6) is 0 Å². The summed E-state index contributed by atoms with van der Waals surface area (Å²) in [5.41, 5.74) is 6.27. The van der Waals surface area contributed by atoms with Crippen LogP contribution in [0.1, 0.15) is 31.9 Å². The maximum atomic E-state index is 10.4. The molecular formula is C12H19NO. The van der Waals surface area contributed by atoms with Crippen LogP contribution in [0.2, 0.25) is 0 Å². The first-order valence-electron chi connectivity index (χ1n) is 4.84. The molecule has 0 heterocycles. The molecule has 0 aliphatic carbocycles. The van der Waals surface area contributed by atoms with E-state index in [0.717, 1.165) is 11.1 Å². The van der Waals surface area contributed by atoms with E-state index >= 15 is 0 Å². The van der Waals surface area contributed by atoms with Gasteiger partial charge in [-0.1, -0.05) is 24.3 Å². The number of aliphatic hydroxyl groups is 1. The Morgan fingerprint density at radius 3 is 2.07 bits per heavy atom. The Hall–Kier alpha value is -0.860. The molecule has 3 N–H and O–H groups in total. The van der Waals surface area contributed by atoms with Crippen LogP contribution in [0.4, 0.5) is 0 Å². The third-order valence-corrected chi connectivity index (χ3v) is 2.92. The molecule has 0 bridgehead atoms. The van der Waals surface area contributed by atoms with E-state index in [1.807, 2.05) is 45.0 Å². The van der Waals surface area contributed by atoms with Gasteiger partial charge in [0.15, 0.2) is 0 Å². The van der Waals surface area contributed by atoms with Crippen molar-refractivity contribution in [2.24, 2.45) is 5.73 Å². The van der Waals surface area contributed by atoms with Gasteiger partial charge in [-0.15, -0.1) is 0 Å². The molecule has 1 aromatic carbocycles. The SMILES string of the molecule is Cc1ccccc1C(C)(O)C(C)(C)N. The number of benzene rings is 1. The molecule has 0 aliphatic rings. The summed E-state index contributed by atoms with van der Waals surface area (Å²) in [6.45, 7) is 7.41. The Morgan fingerprint density at radius 1 is 1.14 bits per heavy atom. The van der Waals surface area contributed by atoms with Crippen LogP contribution in [0.25, 0.3) is 0 Å². The zero-order valence-corrected chi connectivity index (χ0v) is 9.33. The summed E-state index contributed by atoms with van der Waals surface area (Å²) in [5.74, 6) is 0.